The largest absolute Gasteiger partial charge is 0.496 e. The molecule has 1 aliphatic carbocycles. The maximum Gasteiger partial charge on any atom is 0.416 e. The molecular weight excluding hydrogens is 299 g/mol. The maximum atomic E-state index is 12.9. The van der Waals surface area contributed by atoms with E-state index in [2.05, 4.69) is 15.9 Å². The number of hydrogen-bond donors (Lipinski definition) is 1. The van der Waals surface area contributed by atoms with Gasteiger partial charge in [0.2, 0.25) is 0 Å². The molecule has 0 radical (unpaired) electrons. The zero-order valence-corrected chi connectivity index (χ0v) is 10.7. The maximum absolute atomic E-state index is 12.9. The fourth-order valence-corrected chi connectivity index (χ4v) is 2.27. The van der Waals surface area contributed by atoms with Gasteiger partial charge in [-0.25, -0.2) is 0 Å². The molecular formula is C11H11BrF3NO. The van der Waals surface area contributed by atoms with Gasteiger partial charge in [-0.2, -0.15) is 13.2 Å². The normalized spacial score (nSPS) is 18.0. The van der Waals surface area contributed by atoms with Gasteiger partial charge >= 0.3 is 6.18 Å². The number of methoxy groups -OCH3 is 1. The molecule has 0 bridgehead atoms. The minimum absolute atomic E-state index is 0.137. The summed E-state index contributed by atoms with van der Waals surface area (Å²) in [5.74, 6) is 0.158. The van der Waals surface area contributed by atoms with Crippen LogP contribution in [0.5, 0.6) is 5.75 Å². The molecule has 2 nitrogen and oxygen atoms in total. The molecule has 0 aromatic heterocycles. The van der Waals surface area contributed by atoms with Crippen LogP contribution in [-0.2, 0) is 11.7 Å². The fourth-order valence-electron chi connectivity index (χ4n) is 1.76. The zero-order chi connectivity index (χ0) is 12.8. The van der Waals surface area contributed by atoms with Crippen molar-refractivity contribution in [2.45, 2.75) is 24.6 Å². The molecule has 1 aliphatic rings. The third-order valence-corrected chi connectivity index (χ3v) is 3.54. The van der Waals surface area contributed by atoms with Gasteiger partial charge in [-0.05, 0) is 46.5 Å². The molecule has 0 heterocycles. The van der Waals surface area contributed by atoms with E-state index in [1.807, 2.05) is 0 Å². The Kier molecular flexibility index (Phi) is 2.90. The van der Waals surface area contributed by atoms with Crippen molar-refractivity contribution in [1.82, 2.24) is 0 Å². The number of halogens is 4. The smallest absolute Gasteiger partial charge is 0.416 e. The molecule has 0 amide bonds. The average Bonchev–Trinajstić information content (AvgIpc) is 2.95. The van der Waals surface area contributed by atoms with Crippen LogP contribution >= 0.6 is 15.9 Å². The summed E-state index contributed by atoms with van der Waals surface area (Å²) in [7, 11) is 1.33. The van der Waals surface area contributed by atoms with Crippen molar-refractivity contribution in [2.75, 3.05) is 7.11 Å². The van der Waals surface area contributed by atoms with E-state index in [4.69, 9.17) is 10.5 Å². The highest BCUT2D eigenvalue weighted by Crippen LogP contribution is 2.49. The Morgan fingerprint density at radius 2 is 1.94 bits per heavy atom. The lowest BCUT2D eigenvalue weighted by atomic mass is 9.98. The lowest BCUT2D eigenvalue weighted by Gasteiger charge is -2.19. The van der Waals surface area contributed by atoms with Crippen LogP contribution in [0.1, 0.15) is 24.0 Å². The van der Waals surface area contributed by atoms with Crippen molar-refractivity contribution in [1.29, 1.82) is 0 Å². The van der Waals surface area contributed by atoms with Gasteiger partial charge in [0, 0.05) is 5.54 Å². The highest BCUT2D eigenvalue weighted by Gasteiger charge is 2.47. The minimum atomic E-state index is -4.42. The SMILES string of the molecule is COc1cc(C(F)(F)F)c(C2(N)CC2)cc1Br. The van der Waals surface area contributed by atoms with Gasteiger partial charge < -0.3 is 10.5 Å². The topological polar surface area (TPSA) is 35.2 Å². The van der Waals surface area contributed by atoms with Crippen molar-refractivity contribution < 1.29 is 17.9 Å². The number of alkyl halides is 3. The van der Waals surface area contributed by atoms with Gasteiger partial charge in [-0.1, -0.05) is 0 Å². The molecule has 1 aromatic rings. The van der Waals surface area contributed by atoms with Crippen LogP contribution in [0, 0.1) is 0 Å². The molecule has 0 spiro atoms. The highest BCUT2D eigenvalue weighted by molar-refractivity contribution is 9.10. The van der Waals surface area contributed by atoms with Crippen LogP contribution < -0.4 is 10.5 Å². The standard InChI is InChI=1S/C11H11BrF3NO/c1-17-9-5-7(11(13,14)15)6(4-8(9)12)10(16)2-3-10/h4-5H,2-3,16H2,1H3. The van der Waals surface area contributed by atoms with Crippen LogP contribution in [0.2, 0.25) is 0 Å². The van der Waals surface area contributed by atoms with E-state index in [-0.39, 0.29) is 11.3 Å². The summed E-state index contributed by atoms with van der Waals surface area (Å²) < 4.78 is 44.2. The van der Waals surface area contributed by atoms with Crippen LogP contribution in [0.25, 0.3) is 0 Å². The molecule has 6 heteroatoms. The molecule has 94 valence electrons. The van der Waals surface area contributed by atoms with E-state index in [1.54, 1.807) is 0 Å². The van der Waals surface area contributed by atoms with Gasteiger partial charge in [0.1, 0.15) is 5.75 Å². The Morgan fingerprint density at radius 3 is 2.35 bits per heavy atom. The summed E-state index contributed by atoms with van der Waals surface area (Å²) in [4.78, 5) is 0. The first-order valence-electron chi connectivity index (χ1n) is 5.02. The van der Waals surface area contributed by atoms with Gasteiger partial charge in [-0.15, -0.1) is 0 Å². The Balaban J connectivity index is 2.61. The van der Waals surface area contributed by atoms with Crippen molar-refractivity contribution in [3.8, 4) is 5.75 Å². The first-order chi connectivity index (χ1) is 7.78. The molecule has 1 saturated carbocycles. The summed E-state index contributed by atoms with van der Waals surface area (Å²) in [6, 6.07) is 2.40. The summed E-state index contributed by atoms with van der Waals surface area (Å²) in [5, 5.41) is 0. The summed E-state index contributed by atoms with van der Waals surface area (Å²) in [5.41, 5.74) is 4.46. The first kappa shape index (κ1) is 12.7. The molecule has 1 aromatic carbocycles. The quantitative estimate of drug-likeness (QED) is 0.908. The second kappa shape index (κ2) is 3.88. The molecule has 2 N–H and O–H groups in total. The molecule has 17 heavy (non-hydrogen) atoms. The van der Waals surface area contributed by atoms with Crippen molar-refractivity contribution in [2.24, 2.45) is 5.73 Å². The summed E-state index contributed by atoms with van der Waals surface area (Å²) in [6.07, 6.45) is -3.26. The van der Waals surface area contributed by atoms with E-state index in [0.717, 1.165) is 6.07 Å². The summed E-state index contributed by atoms with van der Waals surface area (Å²) in [6.45, 7) is 0. The molecule has 0 aliphatic heterocycles. The van der Waals surface area contributed by atoms with Crippen molar-refractivity contribution >= 4 is 15.9 Å². The number of nitrogens with two attached hydrogens (primary N) is 1. The van der Waals surface area contributed by atoms with E-state index in [0.29, 0.717) is 17.3 Å². The monoisotopic (exact) mass is 309 g/mol. The first-order valence-corrected chi connectivity index (χ1v) is 5.81. The van der Waals surface area contributed by atoms with Crippen LogP contribution in [-0.4, -0.2) is 7.11 Å². The predicted octanol–water partition coefficient (Wildman–Crippen LogP) is 3.42. The van der Waals surface area contributed by atoms with Gasteiger partial charge in [0.25, 0.3) is 0 Å². The third kappa shape index (κ3) is 2.28. The van der Waals surface area contributed by atoms with Gasteiger partial charge in [0.15, 0.2) is 0 Å². The Labute approximate surface area is 105 Å². The molecule has 1 fully saturated rings. The van der Waals surface area contributed by atoms with E-state index in [9.17, 15) is 13.2 Å². The number of rotatable bonds is 2. The molecule has 0 saturated heterocycles. The van der Waals surface area contributed by atoms with E-state index < -0.39 is 17.3 Å². The van der Waals surface area contributed by atoms with E-state index >= 15 is 0 Å². The Bertz CT molecular complexity index is 455. The predicted molar refractivity (Wildman–Crippen MR) is 60.8 cm³/mol. The number of hydrogen-bond acceptors (Lipinski definition) is 2. The Morgan fingerprint density at radius 1 is 1.35 bits per heavy atom. The summed E-state index contributed by atoms with van der Waals surface area (Å²) >= 11 is 3.18. The van der Waals surface area contributed by atoms with Crippen LogP contribution in [0.15, 0.2) is 16.6 Å². The highest BCUT2D eigenvalue weighted by atomic mass is 79.9. The second-order valence-corrected chi connectivity index (χ2v) is 5.04. The number of benzene rings is 1. The van der Waals surface area contributed by atoms with Gasteiger partial charge in [-0.3, -0.25) is 0 Å². The van der Waals surface area contributed by atoms with Crippen LogP contribution in [0.3, 0.4) is 0 Å². The average molecular weight is 310 g/mol. The lowest BCUT2D eigenvalue weighted by Crippen LogP contribution is -2.24. The van der Waals surface area contributed by atoms with Gasteiger partial charge in [0.05, 0.1) is 17.1 Å². The lowest BCUT2D eigenvalue weighted by molar-refractivity contribution is -0.138. The van der Waals surface area contributed by atoms with Crippen molar-refractivity contribution in [3.63, 3.8) is 0 Å². The van der Waals surface area contributed by atoms with Crippen LogP contribution in [0.4, 0.5) is 13.2 Å². The fraction of sp³-hybridized carbons (Fsp3) is 0.455. The molecule has 0 unspecified atom stereocenters. The Hall–Kier alpha value is -0.750. The third-order valence-electron chi connectivity index (χ3n) is 2.92. The molecule has 0 atom stereocenters. The molecule has 2 rings (SSSR count). The van der Waals surface area contributed by atoms with E-state index in [1.165, 1.54) is 13.2 Å². The second-order valence-electron chi connectivity index (χ2n) is 4.19. The van der Waals surface area contributed by atoms with Crippen molar-refractivity contribution in [3.05, 3.63) is 27.7 Å². The number of ether oxygens (including phenoxy) is 1. The zero-order valence-electron chi connectivity index (χ0n) is 9.07. The minimum Gasteiger partial charge on any atom is -0.496 e.